The third kappa shape index (κ3) is 3.07. The highest BCUT2D eigenvalue weighted by Gasteiger charge is 2.19. The molecule has 1 amide bonds. The normalized spacial score (nSPS) is 14.6. The van der Waals surface area contributed by atoms with E-state index in [1.54, 1.807) is 6.20 Å². The van der Waals surface area contributed by atoms with Crippen LogP contribution in [0.2, 0.25) is 0 Å². The largest absolute Gasteiger partial charge is 0.493 e. The zero-order valence-corrected chi connectivity index (χ0v) is 14.1. The summed E-state index contributed by atoms with van der Waals surface area (Å²) in [7, 11) is 0. The van der Waals surface area contributed by atoms with E-state index in [4.69, 9.17) is 4.74 Å². The van der Waals surface area contributed by atoms with Gasteiger partial charge in [0.25, 0.3) is 5.91 Å². The molecule has 1 aromatic carbocycles. The molecule has 4 rings (SSSR count). The van der Waals surface area contributed by atoms with Crippen molar-refractivity contribution in [2.45, 2.75) is 32.2 Å². The minimum atomic E-state index is -0.151. The van der Waals surface area contributed by atoms with E-state index in [1.807, 2.05) is 48.0 Å². The quantitative estimate of drug-likeness (QED) is 0.795. The van der Waals surface area contributed by atoms with Crippen LogP contribution >= 0.6 is 0 Å². The second-order valence-corrected chi connectivity index (χ2v) is 6.20. The summed E-state index contributed by atoms with van der Waals surface area (Å²) in [6.45, 7) is 2.78. The van der Waals surface area contributed by atoms with Crippen LogP contribution in [0.25, 0.3) is 5.78 Å². The first-order valence-electron chi connectivity index (χ1n) is 8.61. The Morgan fingerprint density at radius 1 is 1.44 bits per heavy atom. The van der Waals surface area contributed by atoms with Gasteiger partial charge in [-0.25, -0.2) is 9.97 Å². The number of hydrogen-bond acceptors (Lipinski definition) is 4. The number of aromatic nitrogens is 3. The highest BCUT2D eigenvalue weighted by molar-refractivity contribution is 5.94. The highest BCUT2D eigenvalue weighted by Crippen LogP contribution is 2.26. The molecule has 25 heavy (non-hydrogen) atoms. The number of fused-ring (bicyclic) bond motifs is 2. The van der Waals surface area contributed by atoms with Crippen molar-refractivity contribution in [2.24, 2.45) is 0 Å². The number of imidazole rings is 1. The summed E-state index contributed by atoms with van der Waals surface area (Å²) in [5.74, 6) is 1.43. The molecule has 1 atom stereocenters. The van der Waals surface area contributed by atoms with Crippen molar-refractivity contribution in [1.29, 1.82) is 0 Å². The molecule has 6 heteroatoms. The van der Waals surface area contributed by atoms with Crippen molar-refractivity contribution in [3.63, 3.8) is 0 Å². The number of nitrogens with one attached hydrogen (secondary N) is 1. The Balaban J connectivity index is 1.55. The molecule has 0 fully saturated rings. The van der Waals surface area contributed by atoms with Gasteiger partial charge >= 0.3 is 0 Å². The number of amides is 1. The van der Waals surface area contributed by atoms with E-state index in [0.29, 0.717) is 11.3 Å². The fraction of sp³-hybridized carbons (Fsp3) is 0.316. The third-order valence-corrected chi connectivity index (χ3v) is 4.50. The predicted octanol–water partition coefficient (Wildman–Crippen LogP) is 2.94. The molecule has 0 spiro atoms. The molecule has 1 N–H and O–H groups in total. The van der Waals surface area contributed by atoms with Crippen LogP contribution in [0.1, 0.15) is 47.4 Å². The molecular formula is C19H20N4O2. The van der Waals surface area contributed by atoms with Gasteiger partial charge in [-0.2, -0.15) is 0 Å². The molecule has 0 saturated carbocycles. The summed E-state index contributed by atoms with van der Waals surface area (Å²) in [5.41, 5.74) is 2.57. The van der Waals surface area contributed by atoms with E-state index in [2.05, 4.69) is 15.3 Å². The van der Waals surface area contributed by atoms with E-state index in [1.165, 1.54) is 0 Å². The fourth-order valence-electron chi connectivity index (χ4n) is 3.14. The van der Waals surface area contributed by atoms with Gasteiger partial charge < -0.3 is 10.1 Å². The molecule has 0 aliphatic carbocycles. The lowest BCUT2D eigenvalue weighted by molar-refractivity contribution is 0.0934. The van der Waals surface area contributed by atoms with E-state index in [9.17, 15) is 4.79 Å². The zero-order chi connectivity index (χ0) is 17.2. The van der Waals surface area contributed by atoms with Crippen molar-refractivity contribution < 1.29 is 9.53 Å². The Morgan fingerprint density at radius 2 is 2.36 bits per heavy atom. The molecule has 128 valence electrons. The Bertz CT molecular complexity index is 886. The molecule has 6 nitrogen and oxygen atoms in total. The van der Waals surface area contributed by atoms with Crippen LogP contribution in [0.3, 0.4) is 0 Å². The van der Waals surface area contributed by atoms with Gasteiger partial charge in [-0.05, 0) is 49.1 Å². The van der Waals surface area contributed by atoms with Crippen molar-refractivity contribution in [2.75, 3.05) is 6.61 Å². The molecule has 0 radical (unpaired) electrons. The molecule has 1 aliphatic rings. The number of aryl methyl sites for hydroxylation is 1. The van der Waals surface area contributed by atoms with Gasteiger partial charge in [-0.3, -0.25) is 9.20 Å². The molecule has 1 unspecified atom stereocenters. The van der Waals surface area contributed by atoms with Crippen molar-refractivity contribution >= 4 is 11.7 Å². The van der Waals surface area contributed by atoms with Crippen LogP contribution < -0.4 is 10.1 Å². The molecule has 2 aromatic heterocycles. The van der Waals surface area contributed by atoms with E-state index in [-0.39, 0.29) is 11.9 Å². The SMILES string of the molecule is CCC(NC(=O)c1ccc2c(c1)CCCO2)c1cn2cccnc2n1. The Hall–Kier alpha value is -2.89. The minimum Gasteiger partial charge on any atom is -0.493 e. The number of ether oxygens (including phenoxy) is 1. The first-order valence-corrected chi connectivity index (χ1v) is 8.61. The monoisotopic (exact) mass is 336 g/mol. The van der Waals surface area contributed by atoms with Gasteiger partial charge in [0.05, 0.1) is 18.3 Å². The molecule has 0 saturated heterocycles. The second kappa shape index (κ2) is 6.55. The van der Waals surface area contributed by atoms with E-state index < -0.39 is 0 Å². The Morgan fingerprint density at radius 3 is 3.20 bits per heavy atom. The van der Waals surface area contributed by atoms with Crippen LogP contribution in [-0.2, 0) is 6.42 Å². The van der Waals surface area contributed by atoms with Crippen LogP contribution in [0.5, 0.6) is 5.75 Å². The van der Waals surface area contributed by atoms with Gasteiger partial charge in [-0.1, -0.05) is 6.92 Å². The van der Waals surface area contributed by atoms with Gasteiger partial charge in [0, 0.05) is 24.2 Å². The standard InChI is InChI=1S/C19H20N4O2/c1-2-15(16-12-23-9-4-8-20-19(23)22-16)21-18(24)14-6-7-17-13(11-14)5-3-10-25-17/h4,6-9,11-12,15H,2-3,5,10H2,1H3,(H,21,24). The van der Waals surface area contributed by atoms with Gasteiger partial charge in [0.1, 0.15) is 5.75 Å². The van der Waals surface area contributed by atoms with E-state index >= 15 is 0 Å². The Labute approximate surface area is 145 Å². The zero-order valence-electron chi connectivity index (χ0n) is 14.1. The van der Waals surface area contributed by atoms with Crippen LogP contribution in [0.15, 0.2) is 42.9 Å². The maximum Gasteiger partial charge on any atom is 0.251 e. The van der Waals surface area contributed by atoms with Crippen molar-refractivity contribution in [3.8, 4) is 5.75 Å². The summed E-state index contributed by atoms with van der Waals surface area (Å²) in [5, 5.41) is 3.08. The first kappa shape index (κ1) is 15.6. The average Bonchev–Trinajstić information content (AvgIpc) is 3.09. The number of rotatable bonds is 4. The van der Waals surface area contributed by atoms with Crippen LogP contribution in [0, 0.1) is 0 Å². The minimum absolute atomic E-state index is 0.0924. The lowest BCUT2D eigenvalue weighted by Crippen LogP contribution is -2.28. The molecule has 0 bridgehead atoms. The number of benzene rings is 1. The summed E-state index contributed by atoms with van der Waals surface area (Å²) in [4.78, 5) is 21.4. The molecule has 1 aliphatic heterocycles. The van der Waals surface area contributed by atoms with Crippen LogP contribution in [-0.4, -0.2) is 26.9 Å². The number of hydrogen-bond donors (Lipinski definition) is 1. The van der Waals surface area contributed by atoms with Crippen molar-refractivity contribution in [3.05, 3.63) is 59.7 Å². The number of carbonyl (C=O) groups is 1. The van der Waals surface area contributed by atoms with E-state index in [0.717, 1.165) is 42.9 Å². The van der Waals surface area contributed by atoms with Crippen molar-refractivity contribution in [1.82, 2.24) is 19.7 Å². The van der Waals surface area contributed by atoms with Gasteiger partial charge in [0.2, 0.25) is 5.78 Å². The molecular weight excluding hydrogens is 316 g/mol. The molecule has 3 aromatic rings. The maximum absolute atomic E-state index is 12.7. The average molecular weight is 336 g/mol. The Kier molecular flexibility index (Phi) is 4.09. The fourth-order valence-corrected chi connectivity index (χ4v) is 3.14. The number of nitrogens with zero attached hydrogens (tertiary/aromatic N) is 3. The lowest BCUT2D eigenvalue weighted by Gasteiger charge is -2.19. The van der Waals surface area contributed by atoms with Crippen LogP contribution in [0.4, 0.5) is 0 Å². The predicted molar refractivity (Wildman–Crippen MR) is 93.7 cm³/mol. The first-order chi connectivity index (χ1) is 12.2. The highest BCUT2D eigenvalue weighted by atomic mass is 16.5. The third-order valence-electron chi connectivity index (χ3n) is 4.50. The number of carbonyl (C=O) groups excluding carboxylic acids is 1. The topological polar surface area (TPSA) is 68.5 Å². The maximum atomic E-state index is 12.7. The summed E-state index contributed by atoms with van der Waals surface area (Å²) >= 11 is 0. The summed E-state index contributed by atoms with van der Waals surface area (Å²) < 4.78 is 7.47. The molecule has 3 heterocycles. The smallest absolute Gasteiger partial charge is 0.251 e. The van der Waals surface area contributed by atoms with Gasteiger partial charge in [0.15, 0.2) is 0 Å². The summed E-state index contributed by atoms with van der Waals surface area (Å²) in [6, 6.07) is 7.34. The summed E-state index contributed by atoms with van der Waals surface area (Å²) in [6.07, 6.45) is 8.22. The van der Waals surface area contributed by atoms with Gasteiger partial charge in [-0.15, -0.1) is 0 Å². The second-order valence-electron chi connectivity index (χ2n) is 6.20. The lowest BCUT2D eigenvalue weighted by atomic mass is 10.0.